The summed E-state index contributed by atoms with van der Waals surface area (Å²) >= 11 is 0. The second-order valence-corrected chi connectivity index (χ2v) is 6.19. The number of carbonyl (C=O) groups excluding carboxylic acids is 1. The molecule has 0 bridgehead atoms. The molecule has 25 heavy (non-hydrogen) atoms. The Morgan fingerprint density at radius 1 is 1.36 bits per heavy atom. The Morgan fingerprint density at radius 3 is 3.08 bits per heavy atom. The van der Waals surface area contributed by atoms with Crippen LogP contribution in [-0.4, -0.2) is 34.4 Å². The Kier molecular flexibility index (Phi) is 3.87. The number of aromatic amines is 1. The third kappa shape index (κ3) is 2.73. The van der Waals surface area contributed by atoms with E-state index in [4.69, 9.17) is 4.74 Å². The van der Waals surface area contributed by atoms with E-state index >= 15 is 0 Å². The molecule has 1 atom stereocenters. The molecule has 2 aromatic carbocycles. The van der Waals surface area contributed by atoms with E-state index in [0.29, 0.717) is 23.1 Å². The fourth-order valence-electron chi connectivity index (χ4n) is 3.54. The predicted octanol–water partition coefficient (Wildman–Crippen LogP) is 3.69. The monoisotopic (exact) mass is 339 g/mol. The lowest BCUT2D eigenvalue weighted by molar-refractivity contribution is 0.0737. The molecular formula is C19H18FN3O2. The first kappa shape index (κ1) is 15.6. The number of imidazole rings is 1. The van der Waals surface area contributed by atoms with Gasteiger partial charge in [0.25, 0.3) is 5.91 Å². The number of benzene rings is 2. The van der Waals surface area contributed by atoms with Crippen LogP contribution in [0.2, 0.25) is 0 Å². The number of likely N-dealkylation sites (tertiary alicyclic amines) is 1. The second kappa shape index (κ2) is 6.20. The zero-order chi connectivity index (χ0) is 17.4. The average Bonchev–Trinajstić information content (AvgIpc) is 3.29. The maximum atomic E-state index is 13.9. The molecule has 3 aromatic rings. The number of amides is 1. The van der Waals surface area contributed by atoms with E-state index in [2.05, 4.69) is 9.97 Å². The number of nitrogens with one attached hydrogen (secondary N) is 1. The molecule has 4 rings (SSSR count). The van der Waals surface area contributed by atoms with Crippen LogP contribution in [0, 0.1) is 5.82 Å². The molecule has 2 heterocycles. The van der Waals surface area contributed by atoms with Crippen molar-refractivity contribution in [3.8, 4) is 5.75 Å². The zero-order valence-electron chi connectivity index (χ0n) is 13.8. The van der Waals surface area contributed by atoms with Gasteiger partial charge in [0.1, 0.15) is 17.1 Å². The van der Waals surface area contributed by atoms with Crippen molar-refractivity contribution < 1.29 is 13.9 Å². The van der Waals surface area contributed by atoms with Gasteiger partial charge in [-0.2, -0.15) is 0 Å². The highest BCUT2D eigenvalue weighted by Gasteiger charge is 2.32. The maximum Gasteiger partial charge on any atom is 0.256 e. The molecule has 1 aliphatic rings. The number of methoxy groups -OCH3 is 1. The number of H-pyrrole nitrogens is 1. The van der Waals surface area contributed by atoms with Crippen LogP contribution in [0.4, 0.5) is 4.39 Å². The van der Waals surface area contributed by atoms with Crippen molar-refractivity contribution in [2.75, 3.05) is 13.7 Å². The molecule has 1 amide bonds. The first-order valence-electron chi connectivity index (χ1n) is 8.25. The molecule has 1 saturated heterocycles. The standard InChI is InChI=1S/C19H18FN3O2/c1-25-14-5-2-4-12(8-14)17-6-3-7-23(17)19(24)15-9-13(20)10-16-18(15)22-11-21-16/h2,4-5,8-11,17H,3,6-7H2,1H3,(H,21,22)/t17-/m0/s1. The van der Waals surface area contributed by atoms with Gasteiger partial charge in [0.2, 0.25) is 0 Å². The number of fused-ring (bicyclic) bond motifs is 1. The lowest BCUT2D eigenvalue weighted by atomic mass is 10.0. The van der Waals surface area contributed by atoms with Crippen LogP contribution in [0.25, 0.3) is 11.0 Å². The summed E-state index contributed by atoms with van der Waals surface area (Å²) in [6.07, 6.45) is 3.26. The Balaban J connectivity index is 1.72. The first-order chi connectivity index (χ1) is 12.2. The minimum atomic E-state index is -0.447. The van der Waals surface area contributed by atoms with Crippen molar-refractivity contribution in [1.29, 1.82) is 0 Å². The molecule has 1 aliphatic heterocycles. The van der Waals surface area contributed by atoms with Crippen molar-refractivity contribution >= 4 is 16.9 Å². The molecule has 0 spiro atoms. The summed E-state index contributed by atoms with van der Waals surface area (Å²) in [7, 11) is 1.62. The summed E-state index contributed by atoms with van der Waals surface area (Å²) in [4.78, 5) is 22.0. The van der Waals surface area contributed by atoms with Gasteiger partial charge in [-0.25, -0.2) is 9.37 Å². The van der Waals surface area contributed by atoms with Crippen molar-refractivity contribution in [2.45, 2.75) is 18.9 Å². The van der Waals surface area contributed by atoms with Crippen LogP contribution in [0.5, 0.6) is 5.75 Å². The second-order valence-electron chi connectivity index (χ2n) is 6.19. The number of nitrogens with zero attached hydrogens (tertiary/aromatic N) is 2. The topological polar surface area (TPSA) is 58.2 Å². The van der Waals surface area contributed by atoms with E-state index < -0.39 is 5.82 Å². The molecule has 0 aliphatic carbocycles. The molecule has 6 heteroatoms. The predicted molar refractivity (Wildman–Crippen MR) is 92.1 cm³/mol. The van der Waals surface area contributed by atoms with Gasteiger partial charge in [-0.05, 0) is 42.7 Å². The number of hydrogen-bond donors (Lipinski definition) is 1. The van der Waals surface area contributed by atoms with Crippen molar-refractivity contribution in [2.24, 2.45) is 0 Å². The van der Waals surface area contributed by atoms with E-state index in [1.54, 1.807) is 12.0 Å². The summed E-state index contributed by atoms with van der Waals surface area (Å²) < 4.78 is 19.2. The molecule has 1 aromatic heterocycles. The highest BCUT2D eigenvalue weighted by atomic mass is 19.1. The van der Waals surface area contributed by atoms with Crippen LogP contribution in [0.15, 0.2) is 42.7 Å². The van der Waals surface area contributed by atoms with Gasteiger partial charge in [-0.3, -0.25) is 4.79 Å². The number of ether oxygens (including phenoxy) is 1. The number of halogens is 1. The highest BCUT2D eigenvalue weighted by Crippen LogP contribution is 2.35. The molecule has 128 valence electrons. The van der Waals surface area contributed by atoms with E-state index in [1.165, 1.54) is 18.5 Å². The molecule has 1 N–H and O–H groups in total. The smallest absolute Gasteiger partial charge is 0.256 e. The summed E-state index contributed by atoms with van der Waals surface area (Å²) in [5.41, 5.74) is 2.36. The fourth-order valence-corrected chi connectivity index (χ4v) is 3.54. The highest BCUT2D eigenvalue weighted by molar-refractivity contribution is 6.05. The lowest BCUT2D eigenvalue weighted by Crippen LogP contribution is -2.30. The van der Waals surface area contributed by atoms with E-state index in [-0.39, 0.29) is 11.9 Å². The maximum absolute atomic E-state index is 13.9. The van der Waals surface area contributed by atoms with E-state index in [0.717, 1.165) is 24.2 Å². The Bertz CT molecular complexity index is 937. The van der Waals surface area contributed by atoms with Crippen molar-refractivity contribution in [3.63, 3.8) is 0 Å². The first-order valence-corrected chi connectivity index (χ1v) is 8.25. The minimum absolute atomic E-state index is 0.0418. The number of hydrogen-bond acceptors (Lipinski definition) is 3. The quantitative estimate of drug-likeness (QED) is 0.792. The summed E-state index contributed by atoms with van der Waals surface area (Å²) in [6.45, 7) is 0.642. The van der Waals surface area contributed by atoms with Crippen LogP contribution in [-0.2, 0) is 0 Å². The van der Waals surface area contributed by atoms with Gasteiger partial charge in [-0.15, -0.1) is 0 Å². The van der Waals surface area contributed by atoms with Gasteiger partial charge in [0.15, 0.2) is 0 Å². The summed E-state index contributed by atoms with van der Waals surface area (Å²) in [6, 6.07) is 10.3. The summed E-state index contributed by atoms with van der Waals surface area (Å²) in [5.74, 6) is 0.122. The van der Waals surface area contributed by atoms with Gasteiger partial charge in [0.05, 0.1) is 30.6 Å². The zero-order valence-corrected chi connectivity index (χ0v) is 13.8. The van der Waals surface area contributed by atoms with Crippen LogP contribution in [0.1, 0.15) is 34.8 Å². The van der Waals surface area contributed by atoms with Crippen LogP contribution < -0.4 is 4.74 Å². The van der Waals surface area contributed by atoms with Crippen molar-refractivity contribution in [3.05, 3.63) is 59.7 Å². The Hall–Kier alpha value is -2.89. The fraction of sp³-hybridized carbons (Fsp3) is 0.263. The average molecular weight is 339 g/mol. The van der Waals surface area contributed by atoms with Gasteiger partial charge in [0, 0.05) is 6.54 Å². The molecule has 0 saturated carbocycles. The molecule has 0 unspecified atom stereocenters. The minimum Gasteiger partial charge on any atom is -0.497 e. The molecular weight excluding hydrogens is 321 g/mol. The van der Waals surface area contributed by atoms with Crippen LogP contribution in [0.3, 0.4) is 0 Å². The number of carbonyl (C=O) groups is 1. The molecule has 0 radical (unpaired) electrons. The largest absolute Gasteiger partial charge is 0.497 e. The molecule has 1 fully saturated rings. The Morgan fingerprint density at radius 2 is 2.24 bits per heavy atom. The number of aromatic nitrogens is 2. The summed E-state index contributed by atoms with van der Waals surface area (Å²) in [5, 5.41) is 0. The van der Waals surface area contributed by atoms with Gasteiger partial charge in [-0.1, -0.05) is 12.1 Å². The third-order valence-corrected chi connectivity index (χ3v) is 4.71. The van der Waals surface area contributed by atoms with Gasteiger partial charge < -0.3 is 14.6 Å². The third-order valence-electron chi connectivity index (χ3n) is 4.71. The van der Waals surface area contributed by atoms with E-state index in [9.17, 15) is 9.18 Å². The lowest BCUT2D eigenvalue weighted by Gasteiger charge is -2.25. The van der Waals surface area contributed by atoms with Gasteiger partial charge >= 0.3 is 0 Å². The van der Waals surface area contributed by atoms with E-state index in [1.807, 2.05) is 24.3 Å². The van der Waals surface area contributed by atoms with Crippen LogP contribution >= 0.6 is 0 Å². The molecule has 5 nitrogen and oxygen atoms in total. The normalized spacial score (nSPS) is 17.2. The van der Waals surface area contributed by atoms with Crippen molar-refractivity contribution in [1.82, 2.24) is 14.9 Å². The Labute approximate surface area is 144 Å². The number of rotatable bonds is 3. The SMILES string of the molecule is COc1cccc([C@@H]2CCCN2C(=O)c2cc(F)cc3[nH]cnc23)c1.